The standard InChI is InChI=1S/C23H27BrN2O/c1-16-13-18(17-7-3-2-4-8-17)11-12-26(16)23(27)21-15-25-14-20(21)19-9-5-6-10-22(19)24/h2-10,16,18,20-21,25H,11-15H2,1H3/t16?,18?,20-,21+/m0/s1. The molecule has 0 radical (unpaired) electrons. The van der Waals surface area contributed by atoms with Crippen LogP contribution in [0.15, 0.2) is 59.1 Å². The van der Waals surface area contributed by atoms with Gasteiger partial charge >= 0.3 is 0 Å². The monoisotopic (exact) mass is 426 g/mol. The molecule has 0 bridgehead atoms. The summed E-state index contributed by atoms with van der Waals surface area (Å²) in [5.74, 6) is 1.15. The van der Waals surface area contributed by atoms with E-state index in [9.17, 15) is 4.79 Å². The third kappa shape index (κ3) is 3.83. The van der Waals surface area contributed by atoms with E-state index in [1.165, 1.54) is 11.1 Å². The Balaban J connectivity index is 1.47. The first-order valence-corrected chi connectivity index (χ1v) is 10.7. The summed E-state index contributed by atoms with van der Waals surface area (Å²) in [4.78, 5) is 15.6. The number of nitrogens with zero attached hydrogens (tertiary/aromatic N) is 1. The number of carbonyl (C=O) groups is 1. The van der Waals surface area contributed by atoms with Gasteiger partial charge in [-0.15, -0.1) is 0 Å². The molecule has 0 spiro atoms. The molecular formula is C23H27BrN2O. The zero-order valence-corrected chi connectivity index (χ0v) is 17.4. The maximum Gasteiger partial charge on any atom is 0.227 e. The lowest BCUT2D eigenvalue weighted by atomic mass is 9.83. The molecule has 2 fully saturated rings. The van der Waals surface area contributed by atoms with Gasteiger partial charge < -0.3 is 10.2 Å². The number of nitrogens with one attached hydrogen (secondary N) is 1. The summed E-state index contributed by atoms with van der Waals surface area (Å²) in [6.07, 6.45) is 2.11. The van der Waals surface area contributed by atoms with Crippen molar-refractivity contribution in [3.63, 3.8) is 0 Å². The molecule has 142 valence electrons. The van der Waals surface area contributed by atoms with E-state index in [-0.39, 0.29) is 17.9 Å². The van der Waals surface area contributed by atoms with E-state index in [1.807, 2.05) is 6.07 Å². The highest BCUT2D eigenvalue weighted by atomic mass is 79.9. The van der Waals surface area contributed by atoms with Crippen LogP contribution in [0.1, 0.15) is 42.7 Å². The number of halogens is 1. The number of carbonyl (C=O) groups excluding carboxylic acids is 1. The van der Waals surface area contributed by atoms with Gasteiger partial charge in [0.2, 0.25) is 5.91 Å². The quantitative estimate of drug-likeness (QED) is 0.780. The molecule has 0 saturated carbocycles. The predicted octanol–water partition coefficient (Wildman–Crippen LogP) is 4.55. The Morgan fingerprint density at radius 2 is 1.81 bits per heavy atom. The van der Waals surface area contributed by atoms with Gasteiger partial charge in [0, 0.05) is 36.1 Å². The summed E-state index contributed by atoms with van der Waals surface area (Å²) in [5.41, 5.74) is 2.65. The number of amides is 1. The fourth-order valence-corrected chi connectivity index (χ4v) is 5.36. The van der Waals surface area contributed by atoms with Gasteiger partial charge in [-0.2, -0.15) is 0 Å². The van der Waals surface area contributed by atoms with Crippen LogP contribution in [0.4, 0.5) is 0 Å². The lowest BCUT2D eigenvalue weighted by molar-refractivity contribution is -0.138. The zero-order valence-electron chi connectivity index (χ0n) is 15.8. The number of hydrogen-bond acceptors (Lipinski definition) is 2. The molecule has 1 amide bonds. The van der Waals surface area contributed by atoms with Crippen LogP contribution in [0.5, 0.6) is 0 Å². The SMILES string of the molecule is CC1CC(c2ccccc2)CCN1C(=O)[C@@H]1CNC[C@H]1c1ccccc1Br. The van der Waals surface area contributed by atoms with Crippen LogP contribution in [-0.4, -0.2) is 36.5 Å². The Morgan fingerprint density at radius 3 is 2.56 bits per heavy atom. The molecule has 0 aromatic heterocycles. The Hall–Kier alpha value is -1.65. The third-order valence-electron chi connectivity index (χ3n) is 6.27. The number of hydrogen-bond donors (Lipinski definition) is 1. The molecule has 2 unspecified atom stereocenters. The summed E-state index contributed by atoms with van der Waals surface area (Å²) in [7, 11) is 0. The lowest BCUT2D eigenvalue weighted by Gasteiger charge is -2.40. The molecule has 4 heteroatoms. The van der Waals surface area contributed by atoms with E-state index in [4.69, 9.17) is 0 Å². The second kappa shape index (κ2) is 8.15. The zero-order chi connectivity index (χ0) is 18.8. The van der Waals surface area contributed by atoms with Crippen molar-refractivity contribution in [2.24, 2.45) is 5.92 Å². The van der Waals surface area contributed by atoms with Crippen molar-refractivity contribution in [3.05, 3.63) is 70.2 Å². The summed E-state index contributed by atoms with van der Waals surface area (Å²) in [6, 6.07) is 19.3. The van der Waals surface area contributed by atoms with Crippen molar-refractivity contribution in [2.75, 3.05) is 19.6 Å². The van der Waals surface area contributed by atoms with Crippen molar-refractivity contribution in [1.29, 1.82) is 0 Å². The highest BCUT2D eigenvalue weighted by Gasteiger charge is 2.40. The molecule has 4 rings (SSSR count). The molecule has 2 aromatic rings. The third-order valence-corrected chi connectivity index (χ3v) is 6.99. The summed E-state index contributed by atoms with van der Waals surface area (Å²) < 4.78 is 1.10. The van der Waals surface area contributed by atoms with Gasteiger partial charge in [0.05, 0.1) is 5.92 Å². The molecule has 2 aliphatic rings. The topological polar surface area (TPSA) is 32.3 Å². The molecular weight excluding hydrogens is 400 g/mol. The van der Waals surface area contributed by atoms with Crippen LogP contribution in [0.2, 0.25) is 0 Å². The van der Waals surface area contributed by atoms with Gasteiger partial charge in [0.15, 0.2) is 0 Å². The van der Waals surface area contributed by atoms with Crippen LogP contribution < -0.4 is 5.32 Å². The highest BCUT2D eigenvalue weighted by molar-refractivity contribution is 9.10. The van der Waals surface area contributed by atoms with Gasteiger partial charge in [-0.3, -0.25) is 4.79 Å². The van der Waals surface area contributed by atoms with Crippen LogP contribution in [0.25, 0.3) is 0 Å². The molecule has 27 heavy (non-hydrogen) atoms. The summed E-state index contributed by atoms with van der Waals surface area (Å²) in [5, 5.41) is 3.45. The first-order valence-electron chi connectivity index (χ1n) is 9.95. The maximum atomic E-state index is 13.4. The molecule has 2 saturated heterocycles. The second-order valence-electron chi connectivity index (χ2n) is 7.91. The summed E-state index contributed by atoms with van der Waals surface area (Å²) >= 11 is 3.67. The molecule has 2 aromatic carbocycles. The van der Waals surface area contributed by atoms with E-state index in [0.29, 0.717) is 11.8 Å². The van der Waals surface area contributed by atoms with Gasteiger partial charge in [0.1, 0.15) is 0 Å². The molecule has 1 N–H and O–H groups in total. The fraction of sp³-hybridized carbons (Fsp3) is 0.435. The minimum absolute atomic E-state index is 0.0272. The lowest BCUT2D eigenvalue weighted by Crippen LogP contribution is -2.48. The predicted molar refractivity (Wildman–Crippen MR) is 113 cm³/mol. The highest BCUT2D eigenvalue weighted by Crippen LogP contribution is 2.37. The number of likely N-dealkylation sites (tertiary alicyclic amines) is 1. The minimum atomic E-state index is 0.0272. The Morgan fingerprint density at radius 1 is 1.07 bits per heavy atom. The van der Waals surface area contributed by atoms with E-state index in [2.05, 4.69) is 81.6 Å². The van der Waals surface area contributed by atoms with Gasteiger partial charge in [-0.25, -0.2) is 0 Å². The molecule has 4 atom stereocenters. The Bertz CT molecular complexity index is 794. The Labute approximate surface area is 170 Å². The normalized spacial score (nSPS) is 28.3. The molecule has 2 aliphatic heterocycles. The van der Waals surface area contributed by atoms with Crippen LogP contribution in [0, 0.1) is 5.92 Å². The van der Waals surface area contributed by atoms with Crippen molar-refractivity contribution in [3.8, 4) is 0 Å². The number of rotatable bonds is 3. The van der Waals surface area contributed by atoms with Crippen molar-refractivity contribution < 1.29 is 4.79 Å². The van der Waals surface area contributed by atoms with Gasteiger partial charge in [-0.05, 0) is 42.9 Å². The van der Waals surface area contributed by atoms with Crippen LogP contribution >= 0.6 is 15.9 Å². The molecule has 2 heterocycles. The Kier molecular flexibility index (Phi) is 5.65. The molecule has 3 nitrogen and oxygen atoms in total. The van der Waals surface area contributed by atoms with Crippen molar-refractivity contribution in [2.45, 2.75) is 37.6 Å². The first kappa shape index (κ1) is 18.7. The number of piperidine rings is 1. The second-order valence-corrected chi connectivity index (χ2v) is 8.76. The largest absolute Gasteiger partial charge is 0.340 e. The first-order chi connectivity index (χ1) is 13.1. The smallest absolute Gasteiger partial charge is 0.227 e. The average Bonchev–Trinajstić information content (AvgIpc) is 3.18. The minimum Gasteiger partial charge on any atom is -0.340 e. The van der Waals surface area contributed by atoms with Crippen LogP contribution in [0.3, 0.4) is 0 Å². The maximum absolute atomic E-state index is 13.4. The average molecular weight is 427 g/mol. The fourth-order valence-electron chi connectivity index (χ4n) is 4.78. The van der Waals surface area contributed by atoms with Gasteiger partial charge in [0.25, 0.3) is 0 Å². The van der Waals surface area contributed by atoms with E-state index in [1.54, 1.807) is 0 Å². The molecule has 0 aliphatic carbocycles. The van der Waals surface area contributed by atoms with E-state index >= 15 is 0 Å². The summed E-state index contributed by atoms with van der Waals surface area (Å²) in [6.45, 7) is 4.71. The van der Waals surface area contributed by atoms with Crippen molar-refractivity contribution >= 4 is 21.8 Å². The van der Waals surface area contributed by atoms with Crippen LogP contribution in [-0.2, 0) is 4.79 Å². The van der Waals surface area contributed by atoms with E-state index in [0.717, 1.165) is 36.9 Å². The van der Waals surface area contributed by atoms with E-state index < -0.39 is 0 Å². The number of benzene rings is 2. The van der Waals surface area contributed by atoms with Crippen molar-refractivity contribution in [1.82, 2.24) is 10.2 Å². The van der Waals surface area contributed by atoms with Gasteiger partial charge in [-0.1, -0.05) is 64.5 Å².